The lowest BCUT2D eigenvalue weighted by atomic mass is 10.1. The number of carbonyl (C=O) groups excluding carboxylic acids is 2. The van der Waals surface area contributed by atoms with E-state index in [1.165, 1.54) is 4.90 Å². The fourth-order valence-corrected chi connectivity index (χ4v) is 3.42. The molecule has 1 N–H and O–H groups in total. The zero-order valence-corrected chi connectivity index (χ0v) is 13.8. The van der Waals surface area contributed by atoms with Crippen LogP contribution in [0, 0.1) is 12.8 Å². The molecule has 1 heterocycles. The highest BCUT2D eigenvalue weighted by Crippen LogP contribution is 2.31. The van der Waals surface area contributed by atoms with Crippen LogP contribution in [-0.4, -0.2) is 32.5 Å². The molecule has 1 fully saturated rings. The van der Waals surface area contributed by atoms with Crippen molar-refractivity contribution in [1.82, 2.24) is 0 Å². The highest BCUT2D eigenvalue weighted by atomic mass is 32.3. The third-order valence-electron chi connectivity index (χ3n) is 3.74. The van der Waals surface area contributed by atoms with E-state index in [1.807, 2.05) is 6.92 Å². The molecule has 0 aliphatic carbocycles. The lowest BCUT2D eigenvalue weighted by Gasteiger charge is -2.20. The molecule has 2 rings (SSSR count). The Labute approximate surface area is 134 Å². The minimum atomic E-state index is -4.61. The molecule has 6 nitrogen and oxygen atoms in total. The number of aryl methyl sites for hydroxylation is 1. The van der Waals surface area contributed by atoms with E-state index in [9.17, 15) is 21.9 Å². The van der Waals surface area contributed by atoms with Crippen LogP contribution >= 0.6 is 0 Å². The van der Waals surface area contributed by atoms with Gasteiger partial charge in [-0.15, -0.1) is 3.89 Å². The van der Waals surface area contributed by atoms with Gasteiger partial charge >= 0.3 is 10.2 Å². The first-order valence-electron chi connectivity index (χ1n) is 7.32. The number of rotatable bonds is 5. The second kappa shape index (κ2) is 6.66. The maximum absolute atomic E-state index is 12.8. The van der Waals surface area contributed by atoms with Crippen molar-refractivity contribution in [2.75, 3.05) is 22.5 Å². The fourth-order valence-electron chi connectivity index (χ4n) is 2.63. The average molecular weight is 342 g/mol. The molecular weight excluding hydrogens is 323 g/mol. The van der Waals surface area contributed by atoms with Crippen LogP contribution in [0.1, 0.15) is 25.3 Å². The normalized spacial score (nSPS) is 18.3. The van der Waals surface area contributed by atoms with Gasteiger partial charge in [0, 0.05) is 36.7 Å². The lowest BCUT2D eigenvalue weighted by molar-refractivity contribution is -0.117. The van der Waals surface area contributed by atoms with Crippen molar-refractivity contribution in [3.8, 4) is 0 Å². The Morgan fingerprint density at radius 3 is 2.74 bits per heavy atom. The highest BCUT2D eigenvalue weighted by Gasteiger charge is 2.34. The van der Waals surface area contributed by atoms with E-state index < -0.39 is 21.9 Å². The lowest BCUT2D eigenvalue weighted by Crippen LogP contribution is -2.26. The van der Waals surface area contributed by atoms with Crippen LogP contribution in [0.2, 0.25) is 0 Å². The Balaban J connectivity index is 2.22. The molecule has 23 heavy (non-hydrogen) atoms. The van der Waals surface area contributed by atoms with Gasteiger partial charge in [0.25, 0.3) is 0 Å². The SMILES string of the molecule is CCC(=O)Nc1ccc(C)c(N2CC(CS(=O)(=O)F)CC2=O)c1. The van der Waals surface area contributed by atoms with E-state index in [4.69, 9.17) is 0 Å². The minimum Gasteiger partial charge on any atom is -0.326 e. The Morgan fingerprint density at radius 2 is 2.13 bits per heavy atom. The Morgan fingerprint density at radius 1 is 1.43 bits per heavy atom. The van der Waals surface area contributed by atoms with Crippen molar-refractivity contribution < 1.29 is 21.9 Å². The molecule has 0 saturated carbocycles. The highest BCUT2D eigenvalue weighted by molar-refractivity contribution is 7.86. The van der Waals surface area contributed by atoms with Crippen molar-refractivity contribution in [1.29, 1.82) is 0 Å². The molecule has 0 spiro atoms. The predicted octanol–water partition coefficient (Wildman–Crippen LogP) is 2.00. The quantitative estimate of drug-likeness (QED) is 0.830. The van der Waals surface area contributed by atoms with E-state index >= 15 is 0 Å². The summed E-state index contributed by atoms with van der Waals surface area (Å²) in [5.41, 5.74) is 1.98. The first kappa shape index (κ1) is 17.4. The van der Waals surface area contributed by atoms with Gasteiger partial charge in [-0.2, -0.15) is 8.42 Å². The molecule has 0 aromatic heterocycles. The number of nitrogens with zero attached hydrogens (tertiary/aromatic N) is 1. The monoisotopic (exact) mass is 342 g/mol. The fraction of sp³-hybridized carbons (Fsp3) is 0.467. The standard InChI is InChI=1S/C15H19FN2O4S/c1-3-14(19)17-12-5-4-10(2)13(7-12)18-8-11(6-15(18)20)9-23(16,21)22/h4-5,7,11H,3,6,8-9H2,1-2H3,(H,17,19). The molecule has 2 amide bonds. The molecule has 0 bridgehead atoms. The first-order valence-corrected chi connectivity index (χ1v) is 8.88. The van der Waals surface area contributed by atoms with Crippen LogP contribution in [-0.2, 0) is 19.8 Å². The summed E-state index contributed by atoms with van der Waals surface area (Å²) in [6.07, 6.45) is 0.330. The van der Waals surface area contributed by atoms with Crippen LogP contribution in [0.25, 0.3) is 0 Å². The van der Waals surface area contributed by atoms with Crippen molar-refractivity contribution in [3.63, 3.8) is 0 Å². The topological polar surface area (TPSA) is 83.6 Å². The smallest absolute Gasteiger partial charge is 0.302 e. The Hall–Kier alpha value is -1.96. The van der Waals surface area contributed by atoms with Crippen molar-refractivity contribution in [2.45, 2.75) is 26.7 Å². The summed E-state index contributed by atoms with van der Waals surface area (Å²) in [7, 11) is -4.61. The molecule has 1 saturated heterocycles. The first-order chi connectivity index (χ1) is 10.7. The maximum atomic E-state index is 12.8. The van der Waals surface area contributed by atoms with Gasteiger partial charge in [0.1, 0.15) is 0 Å². The van der Waals surface area contributed by atoms with Crippen LogP contribution in [0.15, 0.2) is 18.2 Å². The summed E-state index contributed by atoms with van der Waals surface area (Å²) in [4.78, 5) is 25.1. The van der Waals surface area contributed by atoms with Gasteiger partial charge in [-0.3, -0.25) is 9.59 Å². The van der Waals surface area contributed by atoms with E-state index in [-0.39, 0.29) is 24.8 Å². The summed E-state index contributed by atoms with van der Waals surface area (Å²) in [5, 5.41) is 2.71. The van der Waals surface area contributed by atoms with Gasteiger partial charge < -0.3 is 10.2 Å². The molecule has 1 unspecified atom stereocenters. The summed E-state index contributed by atoms with van der Waals surface area (Å²) in [5.74, 6) is -1.61. The second-order valence-electron chi connectivity index (χ2n) is 5.68. The van der Waals surface area contributed by atoms with Gasteiger partial charge in [0.05, 0.1) is 5.75 Å². The van der Waals surface area contributed by atoms with Gasteiger partial charge in [0.15, 0.2) is 0 Å². The zero-order chi connectivity index (χ0) is 17.2. The summed E-state index contributed by atoms with van der Waals surface area (Å²) >= 11 is 0. The number of amides is 2. The molecular formula is C15H19FN2O4S. The van der Waals surface area contributed by atoms with E-state index in [0.29, 0.717) is 17.8 Å². The number of halogens is 1. The third kappa shape index (κ3) is 4.51. The van der Waals surface area contributed by atoms with E-state index in [0.717, 1.165) is 5.56 Å². The van der Waals surface area contributed by atoms with Crippen LogP contribution < -0.4 is 10.2 Å². The maximum Gasteiger partial charge on any atom is 0.302 e. The van der Waals surface area contributed by atoms with Gasteiger partial charge in [-0.1, -0.05) is 13.0 Å². The third-order valence-corrected chi connectivity index (χ3v) is 4.61. The number of nitrogens with one attached hydrogen (secondary N) is 1. The predicted molar refractivity (Wildman–Crippen MR) is 85.5 cm³/mol. The minimum absolute atomic E-state index is 0.00582. The van der Waals surface area contributed by atoms with Crippen LogP contribution in [0.3, 0.4) is 0 Å². The van der Waals surface area contributed by atoms with E-state index in [2.05, 4.69) is 5.32 Å². The van der Waals surface area contributed by atoms with Crippen LogP contribution in [0.4, 0.5) is 15.3 Å². The molecule has 1 aromatic rings. The largest absolute Gasteiger partial charge is 0.326 e. The van der Waals surface area contributed by atoms with Crippen molar-refractivity contribution in [3.05, 3.63) is 23.8 Å². The van der Waals surface area contributed by atoms with Gasteiger partial charge in [-0.05, 0) is 24.6 Å². The second-order valence-corrected chi connectivity index (χ2v) is 7.09. The zero-order valence-electron chi connectivity index (χ0n) is 13.0. The molecule has 126 valence electrons. The van der Waals surface area contributed by atoms with Crippen molar-refractivity contribution in [2.24, 2.45) is 5.92 Å². The summed E-state index contributed by atoms with van der Waals surface area (Å²) in [6, 6.07) is 5.18. The summed E-state index contributed by atoms with van der Waals surface area (Å²) in [6.45, 7) is 3.69. The Kier molecular flexibility index (Phi) is 5.03. The Bertz CT molecular complexity index is 733. The van der Waals surface area contributed by atoms with Gasteiger partial charge in [-0.25, -0.2) is 0 Å². The van der Waals surface area contributed by atoms with E-state index in [1.54, 1.807) is 25.1 Å². The molecule has 0 radical (unpaired) electrons. The number of anilines is 2. The average Bonchev–Trinajstić information content (AvgIpc) is 2.79. The van der Waals surface area contributed by atoms with Crippen molar-refractivity contribution >= 4 is 33.4 Å². The molecule has 1 aliphatic heterocycles. The number of benzene rings is 1. The molecule has 8 heteroatoms. The number of hydrogen-bond donors (Lipinski definition) is 1. The number of carbonyl (C=O) groups is 2. The van der Waals surface area contributed by atoms with Gasteiger partial charge in [0.2, 0.25) is 11.8 Å². The molecule has 1 aromatic carbocycles. The summed E-state index contributed by atoms with van der Waals surface area (Å²) < 4.78 is 34.4. The van der Waals surface area contributed by atoms with Crippen LogP contribution in [0.5, 0.6) is 0 Å². The molecule has 1 aliphatic rings. The molecule has 1 atom stereocenters. The number of hydrogen-bond acceptors (Lipinski definition) is 4.